The van der Waals surface area contributed by atoms with Crippen LogP contribution in [0.4, 0.5) is 0 Å². The number of hydrogen-bond donors (Lipinski definition) is 0. The molecule has 0 aliphatic heterocycles. The van der Waals surface area contributed by atoms with Gasteiger partial charge in [-0.1, -0.05) is 96.5 Å². The van der Waals surface area contributed by atoms with Crippen LogP contribution in [-0.4, -0.2) is 0 Å². The fourth-order valence-corrected chi connectivity index (χ4v) is 4.74. The van der Waals surface area contributed by atoms with Crippen LogP contribution in [0.5, 0.6) is 0 Å². The maximum atomic E-state index is 6.73. The Morgan fingerprint density at radius 2 is 1.27 bits per heavy atom. The minimum atomic E-state index is 0.744. The number of furan rings is 1. The van der Waals surface area contributed by atoms with Crippen LogP contribution in [0.25, 0.3) is 55.0 Å². The van der Waals surface area contributed by atoms with Gasteiger partial charge >= 0.3 is 0 Å². The Balaban J connectivity index is 1.78. The first-order valence-electron chi connectivity index (χ1n) is 9.98. The summed E-state index contributed by atoms with van der Waals surface area (Å²) >= 11 is 6.73. The van der Waals surface area contributed by atoms with Crippen LogP contribution < -0.4 is 0 Å². The highest BCUT2D eigenvalue weighted by Gasteiger charge is 2.18. The number of benzene rings is 5. The lowest BCUT2D eigenvalue weighted by Gasteiger charge is -2.13. The fraction of sp³-hybridized carbons (Fsp3) is 0. The second-order valence-corrected chi connectivity index (χ2v) is 7.88. The molecule has 0 atom stereocenters. The standard InChI is InChI=1S/C28H17ClO/c29-23-14-6-12-21(26(23)19-9-2-1-3-10-19)22-13-7-15-24-28(22)27-20-11-5-4-8-18(20)16-17-25(27)30-24/h1-17H. The van der Waals surface area contributed by atoms with Gasteiger partial charge < -0.3 is 4.42 Å². The van der Waals surface area contributed by atoms with Gasteiger partial charge in [-0.2, -0.15) is 0 Å². The molecule has 0 aliphatic carbocycles. The first-order valence-corrected chi connectivity index (χ1v) is 10.4. The molecule has 0 radical (unpaired) electrons. The van der Waals surface area contributed by atoms with Crippen molar-refractivity contribution in [3.8, 4) is 22.3 Å². The average molecular weight is 405 g/mol. The second-order valence-electron chi connectivity index (χ2n) is 7.47. The van der Waals surface area contributed by atoms with Gasteiger partial charge in [0.25, 0.3) is 0 Å². The molecule has 1 nitrogen and oxygen atoms in total. The molecule has 0 bridgehead atoms. The smallest absolute Gasteiger partial charge is 0.136 e. The molecule has 1 aromatic heterocycles. The maximum absolute atomic E-state index is 6.73. The van der Waals surface area contributed by atoms with E-state index in [1.807, 2.05) is 36.4 Å². The molecule has 6 aromatic rings. The molecule has 5 aromatic carbocycles. The Morgan fingerprint density at radius 1 is 0.533 bits per heavy atom. The summed E-state index contributed by atoms with van der Waals surface area (Å²) in [6, 6.07) is 35.4. The second kappa shape index (κ2) is 6.76. The molecule has 0 aliphatic rings. The maximum Gasteiger partial charge on any atom is 0.136 e. The zero-order valence-corrected chi connectivity index (χ0v) is 16.9. The average Bonchev–Trinajstić information content (AvgIpc) is 3.19. The van der Waals surface area contributed by atoms with Crippen LogP contribution in [0.2, 0.25) is 5.02 Å². The molecule has 0 saturated heterocycles. The van der Waals surface area contributed by atoms with Crippen LogP contribution in [0.1, 0.15) is 0 Å². The summed E-state index contributed by atoms with van der Waals surface area (Å²) in [5, 5.41) is 5.43. The first-order chi connectivity index (χ1) is 14.8. The van der Waals surface area contributed by atoms with Crippen LogP contribution in [0.3, 0.4) is 0 Å². The van der Waals surface area contributed by atoms with Crippen molar-refractivity contribution in [1.29, 1.82) is 0 Å². The minimum absolute atomic E-state index is 0.744. The van der Waals surface area contributed by atoms with Crippen molar-refractivity contribution in [2.45, 2.75) is 0 Å². The van der Waals surface area contributed by atoms with E-state index in [0.717, 1.165) is 49.2 Å². The van der Waals surface area contributed by atoms with Crippen molar-refractivity contribution < 1.29 is 4.42 Å². The minimum Gasteiger partial charge on any atom is -0.456 e. The van der Waals surface area contributed by atoms with Crippen molar-refractivity contribution in [3.63, 3.8) is 0 Å². The molecular formula is C28H17ClO. The van der Waals surface area contributed by atoms with Gasteiger partial charge in [-0.15, -0.1) is 0 Å². The van der Waals surface area contributed by atoms with Gasteiger partial charge in [0.15, 0.2) is 0 Å². The Labute approximate surface area is 179 Å². The molecule has 0 N–H and O–H groups in total. The van der Waals surface area contributed by atoms with Crippen LogP contribution in [0.15, 0.2) is 108 Å². The van der Waals surface area contributed by atoms with E-state index in [9.17, 15) is 0 Å². The van der Waals surface area contributed by atoms with Crippen molar-refractivity contribution >= 4 is 44.3 Å². The van der Waals surface area contributed by atoms with E-state index in [1.54, 1.807) is 0 Å². The van der Waals surface area contributed by atoms with Gasteiger partial charge in [-0.25, -0.2) is 0 Å². The zero-order valence-electron chi connectivity index (χ0n) is 16.1. The molecule has 30 heavy (non-hydrogen) atoms. The van der Waals surface area contributed by atoms with E-state index in [1.165, 1.54) is 10.8 Å². The van der Waals surface area contributed by atoms with Crippen LogP contribution in [-0.2, 0) is 0 Å². The summed E-state index contributed by atoms with van der Waals surface area (Å²) < 4.78 is 6.27. The van der Waals surface area contributed by atoms with Crippen LogP contribution in [0, 0.1) is 0 Å². The van der Waals surface area contributed by atoms with Gasteiger partial charge in [0.2, 0.25) is 0 Å². The van der Waals surface area contributed by atoms with E-state index in [0.29, 0.717) is 0 Å². The lowest BCUT2D eigenvalue weighted by molar-refractivity contribution is 0.669. The fourth-order valence-electron chi connectivity index (χ4n) is 4.46. The summed E-state index contributed by atoms with van der Waals surface area (Å²) in [6.45, 7) is 0. The van der Waals surface area contributed by atoms with Gasteiger partial charge in [-0.3, -0.25) is 0 Å². The third kappa shape index (κ3) is 2.56. The van der Waals surface area contributed by atoms with E-state index >= 15 is 0 Å². The molecule has 6 rings (SSSR count). The highest BCUT2D eigenvalue weighted by atomic mass is 35.5. The number of hydrogen-bond acceptors (Lipinski definition) is 1. The Kier molecular flexibility index (Phi) is 3.90. The number of rotatable bonds is 2. The summed E-state index contributed by atoms with van der Waals surface area (Å²) in [5.74, 6) is 0. The predicted molar refractivity (Wildman–Crippen MR) is 127 cm³/mol. The Morgan fingerprint density at radius 3 is 2.17 bits per heavy atom. The topological polar surface area (TPSA) is 13.1 Å². The molecule has 0 fully saturated rings. The van der Waals surface area contributed by atoms with E-state index in [2.05, 4.69) is 66.7 Å². The summed E-state index contributed by atoms with van der Waals surface area (Å²) in [4.78, 5) is 0. The molecule has 0 saturated carbocycles. The summed E-state index contributed by atoms with van der Waals surface area (Å²) in [7, 11) is 0. The van der Waals surface area contributed by atoms with E-state index in [-0.39, 0.29) is 0 Å². The predicted octanol–water partition coefficient (Wildman–Crippen LogP) is 8.73. The lowest BCUT2D eigenvalue weighted by Crippen LogP contribution is -1.87. The SMILES string of the molecule is Clc1cccc(-c2cccc3oc4ccc5ccccc5c4c23)c1-c1ccccc1. The number of halogens is 1. The lowest BCUT2D eigenvalue weighted by atomic mass is 9.91. The van der Waals surface area contributed by atoms with Crippen molar-refractivity contribution in [2.75, 3.05) is 0 Å². The van der Waals surface area contributed by atoms with Crippen molar-refractivity contribution in [2.24, 2.45) is 0 Å². The van der Waals surface area contributed by atoms with Gasteiger partial charge in [0, 0.05) is 21.4 Å². The molecule has 1 heterocycles. The Hall–Kier alpha value is -3.55. The van der Waals surface area contributed by atoms with Crippen molar-refractivity contribution in [1.82, 2.24) is 0 Å². The molecule has 0 amide bonds. The van der Waals surface area contributed by atoms with Crippen molar-refractivity contribution in [3.05, 3.63) is 108 Å². The molecular weight excluding hydrogens is 388 g/mol. The third-order valence-electron chi connectivity index (χ3n) is 5.75. The highest BCUT2D eigenvalue weighted by Crippen LogP contribution is 2.44. The highest BCUT2D eigenvalue weighted by molar-refractivity contribution is 6.34. The summed E-state index contributed by atoms with van der Waals surface area (Å²) in [5.41, 5.74) is 6.17. The quantitative estimate of drug-likeness (QED) is 0.281. The molecule has 142 valence electrons. The van der Waals surface area contributed by atoms with Gasteiger partial charge in [0.05, 0.1) is 0 Å². The molecule has 2 heteroatoms. The molecule has 0 unspecified atom stereocenters. The monoisotopic (exact) mass is 404 g/mol. The van der Waals surface area contributed by atoms with E-state index in [4.69, 9.17) is 16.0 Å². The molecule has 0 spiro atoms. The Bertz CT molecular complexity index is 1540. The van der Waals surface area contributed by atoms with E-state index < -0.39 is 0 Å². The largest absolute Gasteiger partial charge is 0.456 e. The van der Waals surface area contributed by atoms with Gasteiger partial charge in [-0.05, 0) is 45.7 Å². The summed E-state index contributed by atoms with van der Waals surface area (Å²) in [6.07, 6.45) is 0. The zero-order chi connectivity index (χ0) is 20.1. The normalized spacial score (nSPS) is 11.5. The van der Waals surface area contributed by atoms with Crippen LogP contribution >= 0.6 is 11.6 Å². The van der Waals surface area contributed by atoms with Gasteiger partial charge in [0.1, 0.15) is 11.2 Å². The third-order valence-corrected chi connectivity index (χ3v) is 6.07. The number of fused-ring (bicyclic) bond motifs is 5. The first kappa shape index (κ1) is 17.3.